The summed E-state index contributed by atoms with van der Waals surface area (Å²) >= 11 is 1.77. The van der Waals surface area contributed by atoms with Crippen molar-refractivity contribution in [1.82, 2.24) is 19.7 Å². The molecule has 1 aliphatic carbocycles. The van der Waals surface area contributed by atoms with Gasteiger partial charge in [0.1, 0.15) is 12.5 Å². The zero-order valence-electron chi connectivity index (χ0n) is 20.6. The van der Waals surface area contributed by atoms with Crippen molar-refractivity contribution in [2.24, 2.45) is 24.8 Å². The van der Waals surface area contributed by atoms with Crippen LogP contribution in [0.15, 0.2) is 53.7 Å². The van der Waals surface area contributed by atoms with Gasteiger partial charge in [-0.2, -0.15) is 13.2 Å². The van der Waals surface area contributed by atoms with Crippen LogP contribution in [0.25, 0.3) is 11.4 Å². The van der Waals surface area contributed by atoms with Crippen LogP contribution in [0.4, 0.5) is 22.0 Å². The summed E-state index contributed by atoms with van der Waals surface area (Å²) in [5.74, 6) is 3.97. The maximum absolute atomic E-state index is 12.6. The second-order valence-corrected chi connectivity index (χ2v) is 10.4. The van der Waals surface area contributed by atoms with Crippen molar-refractivity contribution in [3.05, 3.63) is 65.5 Å². The Morgan fingerprint density at radius 3 is 2.27 bits per heavy atom. The van der Waals surface area contributed by atoms with Crippen LogP contribution in [-0.2, 0) is 19.9 Å². The highest BCUT2D eigenvalue weighted by molar-refractivity contribution is 7.99. The van der Waals surface area contributed by atoms with Gasteiger partial charge in [0, 0.05) is 31.5 Å². The third-order valence-corrected chi connectivity index (χ3v) is 8.01. The Labute approximate surface area is 224 Å². The minimum Gasteiger partial charge on any atom is -0.305 e. The topological polar surface area (TPSA) is 34.0 Å². The molecule has 0 N–H and O–H groups in total. The van der Waals surface area contributed by atoms with Gasteiger partial charge in [0.05, 0.1) is 5.56 Å². The number of hydrogen-bond donors (Lipinski definition) is 0. The molecule has 0 spiro atoms. The van der Waals surface area contributed by atoms with Crippen molar-refractivity contribution in [3.8, 4) is 11.4 Å². The van der Waals surface area contributed by atoms with E-state index in [1.54, 1.807) is 23.9 Å². The number of piperidine rings is 1. The Balaban J connectivity index is 0.000000269. The van der Waals surface area contributed by atoms with Crippen LogP contribution in [0.2, 0.25) is 0 Å². The average molecular weight is 561 g/mol. The van der Waals surface area contributed by atoms with Gasteiger partial charge in [0.2, 0.25) is 0 Å². The highest BCUT2D eigenvalue weighted by atomic mass is 35.5. The molecule has 2 atom stereocenters. The molecule has 0 radical (unpaired) electrons. The molecule has 37 heavy (non-hydrogen) atoms. The second-order valence-electron chi connectivity index (χ2n) is 9.35. The number of alkyl halides is 4. The van der Waals surface area contributed by atoms with Gasteiger partial charge in [0.15, 0.2) is 11.0 Å². The van der Waals surface area contributed by atoms with Crippen LogP contribution in [0.3, 0.4) is 0 Å². The highest BCUT2D eigenvalue weighted by Crippen LogP contribution is 2.51. The molecule has 1 saturated heterocycles. The van der Waals surface area contributed by atoms with Gasteiger partial charge in [-0.05, 0) is 54.5 Å². The SMILES string of the molecule is CC1C2CN(CCCSc3nnc(-c4ccc(CF)cc4)n3C)CC12.Cl.Fc1cccc(C(F)(F)F)c1. The van der Waals surface area contributed by atoms with Gasteiger partial charge >= 0.3 is 6.18 Å². The molecular weight excluding hydrogens is 531 g/mol. The fraction of sp³-hybridized carbons (Fsp3) is 0.462. The third-order valence-electron chi connectivity index (χ3n) is 6.90. The lowest BCUT2D eigenvalue weighted by Gasteiger charge is -2.17. The molecule has 2 aromatic carbocycles. The molecular formula is C26H30ClF5N4S. The molecule has 4 nitrogen and oxygen atoms in total. The van der Waals surface area contributed by atoms with E-state index in [4.69, 9.17) is 0 Å². The number of halogens is 6. The first-order chi connectivity index (χ1) is 17.2. The van der Waals surface area contributed by atoms with Crippen LogP contribution >= 0.6 is 24.2 Å². The first-order valence-electron chi connectivity index (χ1n) is 11.9. The van der Waals surface area contributed by atoms with E-state index in [1.807, 2.05) is 23.7 Å². The predicted octanol–water partition coefficient (Wildman–Crippen LogP) is 6.90. The van der Waals surface area contributed by atoms with Gasteiger partial charge in [-0.3, -0.25) is 0 Å². The van der Waals surface area contributed by atoms with E-state index in [0.29, 0.717) is 11.6 Å². The molecule has 2 unspecified atom stereocenters. The van der Waals surface area contributed by atoms with E-state index in [0.717, 1.165) is 58.2 Å². The van der Waals surface area contributed by atoms with Crippen LogP contribution in [0.1, 0.15) is 24.5 Å². The Morgan fingerprint density at radius 1 is 1.03 bits per heavy atom. The monoisotopic (exact) mass is 560 g/mol. The molecule has 2 aliphatic rings. The largest absolute Gasteiger partial charge is 0.416 e. The Hall–Kier alpha value is -2.17. The maximum Gasteiger partial charge on any atom is 0.416 e. The zero-order valence-corrected chi connectivity index (χ0v) is 22.2. The van der Waals surface area contributed by atoms with E-state index < -0.39 is 24.2 Å². The van der Waals surface area contributed by atoms with Gasteiger partial charge in [0.25, 0.3) is 0 Å². The Kier molecular flexibility index (Phi) is 9.99. The smallest absolute Gasteiger partial charge is 0.305 e. The third kappa shape index (κ3) is 7.45. The molecule has 0 amide bonds. The fourth-order valence-electron chi connectivity index (χ4n) is 4.64. The first kappa shape index (κ1) is 29.4. The van der Waals surface area contributed by atoms with Gasteiger partial charge in [-0.1, -0.05) is 49.0 Å². The van der Waals surface area contributed by atoms with Crippen LogP contribution in [0, 0.1) is 23.6 Å². The zero-order chi connectivity index (χ0) is 25.9. The van der Waals surface area contributed by atoms with E-state index in [-0.39, 0.29) is 12.4 Å². The fourth-order valence-corrected chi connectivity index (χ4v) is 5.48. The second kappa shape index (κ2) is 12.6. The van der Waals surface area contributed by atoms with Crippen LogP contribution < -0.4 is 0 Å². The summed E-state index contributed by atoms with van der Waals surface area (Å²) in [4.78, 5) is 2.62. The molecule has 2 fully saturated rings. The minimum atomic E-state index is -4.46. The van der Waals surface area contributed by atoms with Crippen molar-refractivity contribution >= 4 is 24.2 Å². The molecule has 202 valence electrons. The summed E-state index contributed by atoms with van der Waals surface area (Å²) in [6.45, 7) is 5.76. The molecule has 0 bridgehead atoms. The van der Waals surface area contributed by atoms with Crippen molar-refractivity contribution < 1.29 is 22.0 Å². The number of aromatic nitrogens is 3. The van der Waals surface area contributed by atoms with Crippen molar-refractivity contribution in [3.63, 3.8) is 0 Å². The van der Waals surface area contributed by atoms with E-state index >= 15 is 0 Å². The van der Waals surface area contributed by atoms with Gasteiger partial charge in [-0.25, -0.2) is 8.78 Å². The maximum atomic E-state index is 12.6. The van der Waals surface area contributed by atoms with E-state index in [1.165, 1.54) is 26.1 Å². The first-order valence-corrected chi connectivity index (χ1v) is 12.9. The number of fused-ring (bicyclic) bond motifs is 1. The summed E-state index contributed by atoms with van der Waals surface area (Å²) in [5, 5.41) is 9.58. The number of hydrogen-bond acceptors (Lipinski definition) is 4. The number of rotatable bonds is 7. The number of nitrogens with zero attached hydrogens (tertiary/aromatic N) is 4. The molecule has 1 aliphatic heterocycles. The van der Waals surface area contributed by atoms with E-state index in [9.17, 15) is 22.0 Å². The molecule has 1 aromatic heterocycles. The lowest BCUT2D eigenvalue weighted by molar-refractivity contribution is -0.137. The molecule has 1 saturated carbocycles. The minimum absolute atomic E-state index is 0. The van der Waals surface area contributed by atoms with Gasteiger partial charge < -0.3 is 9.47 Å². The molecule has 3 aromatic rings. The lowest BCUT2D eigenvalue weighted by Crippen LogP contribution is -2.25. The standard InChI is InChI=1S/C19H25FN4S.C7H4F4.ClH/c1-13-16-11-24(12-17(13)16)8-3-9-25-19-22-21-18(23(19)2)15-6-4-14(10-20)5-7-15;8-6-3-1-2-5(4-6)7(9,10)11;/h4-7,13,16-17H,3,8-12H2,1-2H3;1-4H;1H. The Bertz CT molecular complexity index is 1140. The molecule has 5 rings (SSSR count). The quantitative estimate of drug-likeness (QED) is 0.179. The number of likely N-dealkylation sites (tertiary alicyclic amines) is 1. The van der Waals surface area contributed by atoms with Crippen molar-refractivity contribution in [2.45, 2.75) is 31.4 Å². The summed E-state index contributed by atoms with van der Waals surface area (Å²) in [6, 6.07) is 10.7. The van der Waals surface area contributed by atoms with Crippen LogP contribution in [-0.4, -0.2) is 45.1 Å². The number of thioether (sulfide) groups is 1. The van der Waals surface area contributed by atoms with E-state index in [2.05, 4.69) is 22.0 Å². The number of benzene rings is 2. The van der Waals surface area contributed by atoms with Crippen molar-refractivity contribution in [2.75, 3.05) is 25.4 Å². The summed E-state index contributed by atoms with van der Waals surface area (Å²) < 4.78 is 62.3. The average Bonchev–Trinajstić information content (AvgIpc) is 3.18. The Morgan fingerprint density at radius 2 is 1.70 bits per heavy atom. The summed E-state index contributed by atoms with van der Waals surface area (Å²) in [6.07, 6.45) is -3.27. The molecule has 2 heterocycles. The van der Waals surface area contributed by atoms with Crippen LogP contribution in [0.5, 0.6) is 0 Å². The predicted molar refractivity (Wildman–Crippen MR) is 138 cm³/mol. The molecule has 11 heteroatoms. The van der Waals surface area contributed by atoms with Gasteiger partial charge in [-0.15, -0.1) is 22.6 Å². The summed E-state index contributed by atoms with van der Waals surface area (Å²) in [7, 11) is 2.00. The van der Waals surface area contributed by atoms with Crippen molar-refractivity contribution in [1.29, 1.82) is 0 Å². The lowest BCUT2D eigenvalue weighted by atomic mass is 10.1. The summed E-state index contributed by atoms with van der Waals surface area (Å²) in [5.41, 5.74) is 0.705. The normalized spacial score (nSPS) is 20.6. The highest BCUT2D eigenvalue weighted by Gasteiger charge is 2.52.